The van der Waals surface area contributed by atoms with Crippen molar-refractivity contribution >= 4 is 17.0 Å². The summed E-state index contributed by atoms with van der Waals surface area (Å²) in [7, 11) is 0. The van der Waals surface area contributed by atoms with Crippen LogP contribution in [0.4, 0.5) is 0 Å². The third-order valence-electron chi connectivity index (χ3n) is 4.77. The molecule has 1 saturated heterocycles. The van der Waals surface area contributed by atoms with Gasteiger partial charge in [-0.3, -0.25) is 9.78 Å². The molecule has 7 heteroatoms. The van der Waals surface area contributed by atoms with Gasteiger partial charge in [0.1, 0.15) is 0 Å². The van der Waals surface area contributed by atoms with Crippen LogP contribution >= 0.6 is 0 Å². The Balaban J connectivity index is 1.66. The van der Waals surface area contributed by atoms with Gasteiger partial charge in [0.15, 0.2) is 0 Å². The van der Waals surface area contributed by atoms with Gasteiger partial charge in [-0.15, -0.1) is 0 Å². The zero-order valence-electron chi connectivity index (χ0n) is 14.7. The fraction of sp³-hybridized carbons (Fsp3) is 0.368. The van der Waals surface area contributed by atoms with Crippen LogP contribution in [0.15, 0.2) is 35.1 Å². The lowest BCUT2D eigenvalue weighted by Gasteiger charge is -2.21. The van der Waals surface area contributed by atoms with Crippen molar-refractivity contribution in [2.45, 2.75) is 32.2 Å². The van der Waals surface area contributed by atoms with Crippen molar-refractivity contribution in [1.29, 1.82) is 0 Å². The Bertz CT molecular complexity index is 916. The maximum Gasteiger partial charge on any atom is 0.259 e. The van der Waals surface area contributed by atoms with E-state index in [9.17, 15) is 4.79 Å². The molecule has 1 amide bonds. The fourth-order valence-corrected chi connectivity index (χ4v) is 3.43. The van der Waals surface area contributed by atoms with Gasteiger partial charge in [-0.2, -0.15) is 0 Å². The molecule has 3 aromatic heterocycles. The topological polar surface area (TPSA) is 92.9 Å². The molecule has 1 aliphatic rings. The fourth-order valence-electron chi connectivity index (χ4n) is 3.43. The Hall–Kier alpha value is -2.80. The number of hydrogen-bond acceptors (Lipinski definition) is 6. The minimum absolute atomic E-state index is 0.143. The number of amides is 1. The summed E-state index contributed by atoms with van der Waals surface area (Å²) in [6.45, 7) is 4.19. The monoisotopic (exact) mass is 351 g/mol. The lowest BCUT2D eigenvalue weighted by atomic mass is 9.91. The minimum atomic E-state index is -0.143. The maximum atomic E-state index is 12.9. The Labute approximate surface area is 151 Å². The first-order valence-corrected chi connectivity index (χ1v) is 8.87. The van der Waals surface area contributed by atoms with Crippen LogP contribution in [0.5, 0.6) is 0 Å². The van der Waals surface area contributed by atoms with E-state index < -0.39 is 0 Å². The highest BCUT2D eigenvalue weighted by atomic mass is 16.5. The standard InChI is InChI=1S/C19H21N5O2/c1-12-10-15(18(25)22-11-13-2-6-20-7-3-13)16-17(24-26-19(16)23-12)14-4-8-21-9-5-14/h2-3,6-7,10,14,21H,4-5,8-9,11H2,1H3,(H,22,25). The third kappa shape index (κ3) is 3.30. The van der Waals surface area contributed by atoms with Crippen LogP contribution in [0.2, 0.25) is 0 Å². The van der Waals surface area contributed by atoms with Crippen molar-refractivity contribution in [3.8, 4) is 0 Å². The summed E-state index contributed by atoms with van der Waals surface area (Å²) in [5.74, 6) is 0.143. The van der Waals surface area contributed by atoms with Gasteiger partial charge in [0.2, 0.25) is 0 Å². The first-order valence-electron chi connectivity index (χ1n) is 8.87. The zero-order valence-corrected chi connectivity index (χ0v) is 14.7. The Morgan fingerprint density at radius 3 is 2.85 bits per heavy atom. The number of fused-ring (bicyclic) bond motifs is 1. The summed E-state index contributed by atoms with van der Waals surface area (Å²) >= 11 is 0. The number of piperidine rings is 1. The number of aryl methyl sites for hydroxylation is 1. The van der Waals surface area contributed by atoms with E-state index in [0.717, 1.165) is 48.3 Å². The molecule has 0 spiro atoms. The van der Waals surface area contributed by atoms with E-state index in [1.165, 1.54) is 0 Å². The molecular formula is C19H21N5O2. The predicted octanol–water partition coefficient (Wildman–Crippen LogP) is 2.32. The SMILES string of the molecule is Cc1cc(C(=O)NCc2ccncc2)c2c(C3CCNCC3)noc2n1. The number of carbonyl (C=O) groups excluding carboxylic acids is 1. The van der Waals surface area contributed by atoms with E-state index >= 15 is 0 Å². The average Bonchev–Trinajstić information content (AvgIpc) is 3.10. The highest BCUT2D eigenvalue weighted by molar-refractivity contribution is 6.06. The van der Waals surface area contributed by atoms with Crippen LogP contribution in [-0.4, -0.2) is 34.1 Å². The molecule has 1 aliphatic heterocycles. The first-order chi connectivity index (χ1) is 12.7. The molecule has 26 heavy (non-hydrogen) atoms. The Morgan fingerprint density at radius 1 is 1.31 bits per heavy atom. The Kier molecular flexibility index (Phi) is 4.62. The largest absolute Gasteiger partial charge is 0.348 e. The van der Waals surface area contributed by atoms with E-state index in [1.807, 2.05) is 25.1 Å². The van der Waals surface area contributed by atoms with Crippen molar-refractivity contribution < 1.29 is 9.32 Å². The second-order valence-electron chi connectivity index (χ2n) is 6.62. The summed E-state index contributed by atoms with van der Waals surface area (Å²) in [6.07, 6.45) is 5.39. The molecule has 4 rings (SSSR count). The van der Waals surface area contributed by atoms with Crippen LogP contribution in [0.3, 0.4) is 0 Å². The molecule has 0 aliphatic carbocycles. The molecule has 134 valence electrons. The van der Waals surface area contributed by atoms with Crippen LogP contribution in [0, 0.1) is 6.92 Å². The Morgan fingerprint density at radius 2 is 2.08 bits per heavy atom. The van der Waals surface area contributed by atoms with Gasteiger partial charge in [0, 0.05) is 30.6 Å². The number of carbonyl (C=O) groups is 1. The van der Waals surface area contributed by atoms with Gasteiger partial charge >= 0.3 is 0 Å². The van der Waals surface area contributed by atoms with E-state index in [2.05, 4.69) is 25.8 Å². The maximum absolute atomic E-state index is 12.9. The zero-order chi connectivity index (χ0) is 17.9. The second kappa shape index (κ2) is 7.21. The number of nitrogens with zero attached hydrogens (tertiary/aromatic N) is 3. The lowest BCUT2D eigenvalue weighted by Crippen LogP contribution is -2.27. The van der Waals surface area contributed by atoms with E-state index in [1.54, 1.807) is 12.4 Å². The van der Waals surface area contributed by atoms with Crippen molar-refractivity contribution in [1.82, 2.24) is 25.8 Å². The molecule has 0 saturated carbocycles. The highest BCUT2D eigenvalue weighted by Crippen LogP contribution is 2.32. The molecule has 1 fully saturated rings. The number of hydrogen-bond donors (Lipinski definition) is 2. The van der Waals surface area contributed by atoms with E-state index in [-0.39, 0.29) is 11.8 Å². The van der Waals surface area contributed by atoms with Gasteiger partial charge in [0.25, 0.3) is 11.6 Å². The first kappa shape index (κ1) is 16.7. The molecule has 0 atom stereocenters. The third-order valence-corrected chi connectivity index (χ3v) is 4.77. The van der Waals surface area contributed by atoms with Gasteiger partial charge < -0.3 is 15.2 Å². The van der Waals surface area contributed by atoms with Crippen LogP contribution in [-0.2, 0) is 6.54 Å². The van der Waals surface area contributed by atoms with Crippen molar-refractivity contribution in [2.75, 3.05) is 13.1 Å². The molecule has 7 nitrogen and oxygen atoms in total. The summed E-state index contributed by atoms with van der Waals surface area (Å²) in [4.78, 5) is 21.3. The average molecular weight is 351 g/mol. The number of pyridine rings is 2. The van der Waals surface area contributed by atoms with Gasteiger partial charge in [0.05, 0.1) is 16.6 Å². The smallest absolute Gasteiger partial charge is 0.259 e. The van der Waals surface area contributed by atoms with Gasteiger partial charge in [-0.05, 0) is 56.6 Å². The quantitative estimate of drug-likeness (QED) is 0.749. The van der Waals surface area contributed by atoms with E-state index in [0.29, 0.717) is 17.8 Å². The van der Waals surface area contributed by atoms with Crippen molar-refractivity contribution in [3.05, 3.63) is 53.1 Å². The normalized spacial score (nSPS) is 15.3. The molecule has 3 aromatic rings. The summed E-state index contributed by atoms with van der Waals surface area (Å²) in [5, 5.41) is 11.3. The molecular weight excluding hydrogens is 330 g/mol. The minimum Gasteiger partial charge on any atom is -0.348 e. The van der Waals surface area contributed by atoms with Gasteiger partial charge in [-0.25, -0.2) is 4.98 Å². The highest BCUT2D eigenvalue weighted by Gasteiger charge is 2.26. The summed E-state index contributed by atoms with van der Waals surface area (Å²) < 4.78 is 5.47. The molecule has 4 heterocycles. The number of aromatic nitrogens is 3. The molecule has 0 unspecified atom stereocenters. The molecule has 0 bridgehead atoms. The number of nitrogens with one attached hydrogen (secondary N) is 2. The van der Waals surface area contributed by atoms with Crippen molar-refractivity contribution in [2.24, 2.45) is 0 Å². The van der Waals surface area contributed by atoms with Crippen LogP contribution < -0.4 is 10.6 Å². The van der Waals surface area contributed by atoms with Crippen LogP contribution in [0.25, 0.3) is 11.1 Å². The lowest BCUT2D eigenvalue weighted by molar-refractivity contribution is 0.0952. The van der Waals surface area contributed by atoms with E-state index in [4.69, 9.17) is 4.52 Å². The summed E-state index contributed by atoms with van der Waals surface area (Å²) in [6, 6.07) is 5.58. The van der Waals surface area contributed by atoms with Crippen molar-refractivity contribution in [3.63, 3.8) is 0 Å². The molecule has 0 aromatic carbocycles. The molecule has 0 radical (unpaired) electrons. The molecule has 2 N–H and O–H groups in total. The predicted molar refractivity (Wildman–Crippen MR) is 96.8 cm³/mol. The van der Waals surface area contributed by atoms with Crippen LogP contribution in [0.1, 0.15) is 46.1 Å². The summed E-state index contributed by atoms with van der Waals surface area (Å²) in [5.41, 5.74) is 3.60. The van der Waals surface area contributed by atoms with Gasteiger partial charge in [-0.1, -0.05) is 5.16 Å². The second-order valence-corrected chi connectivity index (χ2v) is 6.62. The number of rotatable bonds is 4.